The molecule has 0 amide bonds. The van der Waals surface area contributed by atoms with Crippen molar-refractivity contribution in [2.24, 2.45) is 0 Å². The van der Waals surface area contributed by atoms with Crippen LogP contribution in [0.15, 0.2) is 12.1 Å². The topological polar surface area (TPSA) is 28.2 Å². The summed E-state index contributed by atoms with van der Waals surface area (Å²) in [6.45, 7) is 11.0. The smallest absolute Gasteiger partial charge is 0.129 e. The van der Waals surface area contributed by atoms with Gasteiger partial charge in [0.2, 0.25) is 0 Å². The number of hydrogen-bond acceptors (Lipinski definition) is 4. The molecule has 118 valence electrons. The third kappa shape index (κ3) is 5.19. The molecule has 1 fully saturated rings. The van der Waals surface area contributed by atoms with E-state index < -0.39 is 0 Å². The molecule has 4 heteroatoms. The summed E-state index contributed by atoms with van der Waals surface area (Å²) in [5.74, 6) is 2.39. The molecule has 2 rings (SSSR count). The highest BCUT2D eigenvalue weighted by molar-refractivity contribution is 8.00. The molecule has 1 saturated heterocycles. The lowest BCUT2D eigenvalue weighted by Gasteiger charge is -2.32. The first-order chi connectivity index (χ1) is 10.2. The number of aromatic nitrogens is 1. The van der Waals surface area contributed by atoms with Crippen molar-refractivity contribution in [2.75, 3.05) is 30.3 Å². The average molecular weight is 308 g/mol. The second-order valence-corrected chi connectivity index (χ2v) is 7.43. The highest BCUT2D eigenvalue weighted by Crippen LogP contribution is 2.24. The molecule has 1 N–H and O–H groups in total. The first kappa shape index (κ1) is 16.6. The monoisotopic (exact) mass is 307 g/mol. The first-order valence-electron chi connectivity index (χ1n) is 8.30. The lowest BCUT2D eigenvalue weighted by atomic mass is 10.1. The Morgan fingerprint density at radius 2 is 2.19 bits per heavy atom. The van der Waals surface area contributed by atoms with E-state index in [9.17, 15) is 0 Å². The Labute approximate surface area is 133 Å². The summed E-state index contributed by atoms with van der Waals surface area (Å²) in [4.78, 5) is 7.36. The number of anilines is 1. The van der Waals surface area contributed by atoms with Gasteiger partial charge in [-0.25, -0.2) is 4.98 Å². The molecule has 3 nitrogen and oxygen atoms in total. The van der Waals surface area contributed by atoms with Crippen LogP contribution in [-0.2, 0) is 13.0 Å². The van der Waals surface area contributed by atoms with E-state index in [1.807, 2.05) is 0 Å². The summed E-state index contributed by atoms with van der Waals surface area (Å²) in [6.07, 6.45) is 3.41. The molecule has 1 aromatic rings. The molecular formula is C17H29N3S. The third-order valence-corrected chi connectivity index (χ3v) is 4.89. The Bertz CT molecular complexity index is 436. The molecule has 2 heterocycles. The molecular weight excluding hydrogens is 278 g/mol. The van der Waals surface area contributed by atoms with Crippen molar-refractivity contribution in [1.29, 1.82) is 0 Å². The summed E-state index contributed by atoms with van der Waals surface area (Å²) in [6, 6.07) is 4.56. The summed E-state index contributed by atoms with van der Waals surface area (Å²) in [5.41, 5.74) is 2.62. The van der Waals surface area contributed by atoms with E-state index in [0.29, 0.717) is 5.25 Å². The first-order valence-corrected chi connectivity index (χ1v) is 9.35. The molecule has 0 saturated carbocycles. The fourth-order valence-electron chi connectivity index (χ4n) is 2.72. The highest BCUT2D eigenvalue weighted by atomic mass is 32.2. The molecule has 0 spiro atoms. The van der Waals surface area contributed by atoms with Crippen LogP contribution in [0.25, 0.3) is 0 Å². The van der Waals surface area contributed by atoms with E-state index in [4.69, 9.17) is 4.98 Å². The summed E-state index contributed by atoms with van der Waals surface area (Å²) >= 11 is 2.07. The van der Waals surface area contributed by atoms with Gasteiger partial charge in [0.15, 0.2) is 0 Å². The number of nitrogens with zero attached hydrogens (tertiary/aromatic N) is 2. The summed E-state index contributed by atoms with van der Waals surface area (Å²) in [5, 5.41) is 4.21. The Balaban J connectivity index is 2.13. The molecule has 1 aromatic heterocycles. The number of aryl methyl sites for hydroxylation is 1. The summed E-state index contributed by atoms with van der Waals surface area (Å²) < 4.78 is 0. The van der Waals surface area contributed by atoms with Gasteiger partial charge in [-0.3, -0.25) is 0 Å². The molecule has 0 aromatic carbocycles. The van der Waals surface area contributed by atoms with Crippen LogP contribution < -0.4 is 10.2 Å². The number of thioether (sulfide) groups is 1. The predicted octanol–water partition coefficient (Wildman–Crippen LogP) is 3.48. The quantitative estimate of drug-likeness (QED) is 0.781. The van der Waals surface area contributed by atoms with Crippen LogP contribution in [0.4, 0.5) is 5.82 Å². The van der Waals surface area contributed by atoms with Crippen molar-refractivity contribution in [3.05, 3.63) is 23.4 Å². The van der Waals surface area contributed by atoms with Gasteiger partial charge in [0, 0.05) is 36.3 Å². The van der Waals surface area contributed by atoms with E-state index in [0.717, 1.165) is 39.0 Å². The van der Waals surface area contributed by atoms with E-state index >= 15 is 0 Å². The molecule has 0 aliphatic carbocycles. The molecule has 0 radical (unpaired) electrons. The SMILES string of the molecule is CCCNCc1cc(CCC)nc(N2CCSC(C)C2)c1. The molecule has 1 aliphatic rings. The van der Waals surface area contributed by atoms with Gasteiger partial charge in [-0.1, -0.05) is 27.2 Å². The van der Waals surface area contributed by atoms with Crippen LogP contribution in [-0.4, -0.2) is 35.6 Å². The number of nitrogens with one attached hydrogen (secondary N) is 1. The number of hydrogen-bond donors (Lipinski definition) is 1. The average Bonchev–Trinajstić information content (AvgIpc) is 2.48. The van der Waals surface area contributed by atoms with Crippen molar-refractivity contribution < 1.29 is 0 Å². The third-order valence-electron chi connectivity index (χ3n) is 3.75. The van der Waals surface area contributed by atoms with Crippen LogP contribution in [0, 0.1) is 0 Å². The van der Waals surface area contributed by atoms with Gasteiger partial charge in [0.1, 0.15) is 5.82 Å². The van der Waals surface area contributed by atoms with Gasteiger partial charge in [0.25, 0.3) is 0 Å². The molecule has 21 heavy (non-hydrogen) atoms. The predicted molar refractivity (Wildman–Crippen MR) is 94.4 cm³/mol. The van der Waals surface area contributed by atoms with Gasteiger partial charge in [-0.15, -0.1) is 0 Å². The van der Waals surface area contributed by atoms with Gasteiger partial charge in [-0.2, -0.15) is 11.8 Å². The molecule has 1 atom stereocenters. The van der Waals surface area contributed by atoms with Crippen LogP contribution in [0.2, 0.25) is 0 Å². The van der Waals surface area contributed by atoms with Crippen LogP contribution in [0.3, 0.4) is 0 Å². The van der Waals surface area contributed by atoms with E-state index in [2.05, 4.69) is 54.9 Å². The van der Waals surface area contributed by atoms with Crippen LogP contribution in [0.1, 0.15) is 44.9 Å². The Morgan fingerprint density at radius 1 is 1.33 bits per heavy atom. The summed E-state index contributed by atoms with van der Waals surface area (Å²) in [7, 11) is 0. The maximum absolute atomic E-state index is 4.90. The zero-order valence-corrected chi connectivity index (χ0v) is 14.5. The maximum atomic E-state index is 4.90. The normalized spacial score (nSPS) is 19.0. The number of rotatable bonds is 7. The van der Waals surface area contributed by atoms with Crippen molar-refractivity contribution in [1.82, 2.24) is 10.3 Å². The maximum Gasteiger partial charge on any atom is 0.129 e. The standard InChI is InChI=1S/C17H29N3S/c1-4-6-16-10-15(12-18-7-5-2)11-17(19-16)20-8-9-21-14(3)13-20/h10-11,14,18H,4-9,12-13H2,1-3H3. The van der Waals surface area contributed by atoms with E-state index in [1.54, 1.807) is 0 Å². The minimum absolute atomic E-state index is 0.706. The van der Waals surface area contributed by atoms with Crippen molar-refractivity contribution >= 4 is 17.6 Å². The lowest BCUT2D eigenvalue weighted by Crippen LogP contribution is -2.37. The Morgan fingerprint density at radius 3 is 2.90 bits per heavy atom. The molecule has 0 bridgehead atoms. The zero-order chi connectivity index (χ0) is 15.1. The second-order valence-electron chi connectivity index (χ2n) is 5.88. The zero-order valence-electron chi connectivity index (χ0n) is 13.7. The van der Waals surface area contributed by atoms with Gasteiger partial charge >= 0.3 is 0 Å². The number of pyridine rings is 1. The van der Waals surface area contributed by atoms with Gasteiger partial charge < -0.3 is 10.2 Å². The van der Waals surface area contributed by atoms with E-state index in [-0.39, 0.29) is 0 Å². The minimum atomic E-state index is 0.706. The highest BCUT2D eigenvalue weighted by Gasteiger charge is 2.18. The van der Waals surface area contributed by atoms with Gasteiger partial charge in [-0.05, 0) is 37.1 Å². The fourth-order valence-corrected chi connectivity index (χ4v) is 3.73. The van der Waals surface area contributed by atoms with Crippen molar-refractivity contribution in [2.45, 2.75) is 51.8 Å². The van der Waals surface area contributed by atoms with Gasteiger partial charge in [0.05, 0.1) is 0 Å². The Kier molecular flexibility index (Phi) is 6.84. The van der Waals surface area contributed by atoms with E-state index in [1.165, 1.54) is 29.2 Å². The fraction of sp³-hybridized carbons (Fsp3) is 0.706. The second kappa shape index (κ2) is 8.64. The van der Waals surface area contributed by atoms with Crippen LogP contribution in [0.5, 0.6) is 0 Å². The molecule has 1 unspecified atom stereocenters. The Hall–Kier alpha value is -0.740. The largest absolute Gasteiger partial charge is 0.355 e. The lowest BCUT2D eigenvalue weighted by molar-refractivity contribution is 0.672. The molecule has 1 aliphatic heterocycles. The van der Waals surface area contributed by atoms with Crippen LogP contribution >= 0.6 is 11.8 Å². The van der Waals surface area contributed by atoms with Crippen molar-refractivity contribution in [3.8, 4) is 0 Å². The van der Waals surface area contributed by atoms with Crippen molar-refractivity contribution in [3.63, 3.8) is 0 Å². The minimum Gasteiger partial charge on any atom is -0.355 e.